The lowest BCUT2D eigenvalue weighted by Gasteiger charge is -2.21. The van der Waals surface area contributed by atoms with Crippen molar-refractivity contribution in [1.82, 2.24) is 0 Å². The molecule has 0 saturated carbocycles. The minimum absolute atomic E-state index is 0.105. The van der Waals surface area contributed by atoms with Gasteiger partial charge in [0.05, 0.1) is 27.4 Å². The number of ether oxygens (including phenoxy) is 4. The van der Waals surface area contributed by atoms with Crippen LogP contribution in [0.15, 0.2) is 36.4 Å². The first-order valence-corrected chi connectivity index (χ1v) is 8.67. The first kappa shape index (κ1) is 22.8. The smallest absolute Gasteiger partial charge is 0.336 e. The highest BCUT2D eigenvalue weighted by Crippen LogP contribution is 2.28. The molecule has 0 bridgehead atoms. The molecule has 0 aliphatic carbocycles. The van der Waals surface area contributed by atoms with Crippen molar-refractivity contribution >= 4 is 11.9 Å². The van der Waals surface area contributed by atoms with Gasteiger partial charge in [0.15, 0.2) is 35.2 Å². The van der Waals surface area contributed by atoms with E-state index >= 15 is 0 Å². The molecule has 0 amide bonds. The second-order valence-electron chi connectivity index (χ2n) is 6.15. The van der Waals surface area contributed by atoms with Crippen molar-refractivity contribution in [3.05, 3.63) is 47.5 Å². The van der Waals surface area contributed by atoms with Crippen LogP contribution in [0.2, 0.25) is 0 Å². The predicted molar refractivity (Wildman–Crippen MR) is 102 cm³/mol. The van der Waals surface area contributed by atoms with Gasteiger partial charge >= 0.3 is 11.9 Å². The standard InChI is InChI=1S/C20H22O10/c1-27-15-7-11(3-5-13(15)21)9-29-17(19(23)24)18(20(25)26)30-10-12-4-6-14(22)16(8-12)28-2/h3-8,17-18,21-22H,9-10H2,1-2H3,(H,23,24)(H,25,26). The number of rotatable bonds is 11. The molecule has 0 fully saturated rings. The molecule has 0 saturated heterocycles. The van der Waals surface area contributed by atoms with E-state index in [1.807, 2.05) is 0 Å². The van der Waals surface area contributed by atoms with Crippen LogP contribution < -0.4 is 9.47 Å². The summed E-state index contributed by atoms with van der Waals surface area (Å²) >= 11 is 0. The van der Waals surface area contributed by atoms with Gasteiger partial charge in [-0.3, -0.25) is 0 Å². The molecule has 2 aromatic rings. The molecule has 0 aliphatic rings. The Morgan fingerprint density at radius 1 is 0.767 bits per heavy atom. The van der Waals surface area contributed by atoms with E-state index in [2.05, 4.69) is 0 Å². The highest BCUT2D eigenvalue weighted by molar-refractivity contribution is 5.83. The second-order valence-corrected chi connectivity index (χ2v) is 6.15. The molecule has 2 aromatic carbocycles. The second kappa shape index (κ2) is 10.3. The zero-order chi connectivity index (χ0) is 22.3. The van der Waals surface area contributed by atoms with Crippen molar-refractivity contribution in [3.8, 4) is 23.0 Å². The Bertz CT molecular complexity index is 822. The van der Waals surface area contributed by atoms with Gasteiger partial charge in [0, 0.05) is 0 Å². The summed E-state index contributed by atoms with van der Waals surface area (Å²) in [6.07, 6.45) is -3.61. The molecular formula is C20H22O10. The summed E-state index contributed by atoms with van der Waals surface area (Å²) < 4.78 is 20.5. The van der Waals surface area contributed by atoms with Gasteiger partial charge in [-0.15, -0.1) is 0 Å². The average molecular weight is 422 g/mol. The Kier molecular flexibility index (Phi) is 7.84. The Morgan fingerprint density at radius 3 is 1.43 bits per heavy atom. The van der Waals surface area contributed by atoms with Crippen molar-refractivity contribution < 1.29 is 49.0 Å². The Morgan fingerprint density at radius 2 is 1.13 bits per heavy atom. The maximum absolute atomic E-state index is 11.6. The lowest BCUT2D eigenvalue weighted by Crippen LogP contribution is -2.43. The molecule has 2 atom stereocenters. The minimum atomic E-state index is -1.80. The summed E-state index contributed by atoms with van der Waals surface area (Å²) in [5.41, 5.74) is 0.923. The molecule has 10 nitrogen and oxygen atoms in total. The predicted octanol–water partition coefficient (Wildman–Crippen LogP) is 1.75. The molecule has 162 valence electrons. The van der Waals surface area contributed by atoms with Gasteiger partial charge < -0.3 is 39.4 Å². The molecular weight excluding hydrogens is 400 g/mol. The van der Waals surface area contributed by atoms with Gasteiger partial charge in [-0.2, -0.15) is 0 Å². The molecule has 30 heavy (non-hydrogen) atoms. The number of methoxy groups -OCH3 is 2. The monoisotopic (exact) mass is 422 g/mol. The normalized spacial score (nSPS) is 12.7. The lowest BCUT2D eigenvalue weighted by molar-refractivity contribution is -0.179. The summed E-state index contributed by atoms with van der Waals surface area (Å²) in [5.74, 6) is -2.92. The highest BCUT2D eigenvalue weighted by atomic mass is 16.6. The zero-order valence-corrected chi connectivity index (χ0v) is 16.3. The van der Waals surface area contributed by atoms with Crippen LogP contribution in [-0.4, -0.2) is 58.8 Å². The quantitative estimate of drug-likeness (QED) is 0.421. The maximum atomic E-state index is 11.6. The third-order valence-electron chi connectivity index (χ3n) is 4.11. The molecule has 4 N–H and O–H groups in total. The van der Waals surface area contributed by atoms with E-state index in [0.717, 1.165) is 0 Å². The van der Waals surface area contributed by atoms with E-state index < -0.39 is 24.1 Å². The van der Waals surface area contributed by atoms with E-state index in [4.69, 9.17) is 18.9 Å². The Labute approximate surface area is 171 Å². The van der Waals surface area contributed by atoms with E-state index in [1.165, 1.54) is 50.6 Å². The lowest BCUT2D eigenvalue weighted by atomic mass is 10.1. The van der Waals surface area contributed by atoms with Gasteiger partial charge in [-0.25, -0.2) is 9.59 Å². The number of benzene rings is 2. The third kappa shape index (κ3) is 5.75. The summed E-state index contributed by atoms with van der Waals surface area (Å²) in [5, 5.41) is 38.1. The third-order valence-corrected chi connectivity index (χ3v) is 4.11. The summed E-state index contributed by atoms with van der Waals surface area (Å²) in [6, 6.07) is 8.53. The molecule has 0 aliphatic heterocycles. The highest BCUT2D eigenvalue weighted by Gasteiger charge is 2.36. The van der Waals surface area contributed by atoms with E-state index in [9.17, 15) is 30.0 Å². The fraction of sp³-hybridized carbons (Fsp3) is 0.300. The molecule has 0 radical (unpaired) electrons. The summed E-state index contributed by atoms with van der Waals surface area (Å²) in [6.45, 7) is -0.512. The first-order valence-electron chi connectivity index (χ1n) is 8.67. The Balaban J connectivity index is 2.11. The van der Waals surface area contributed by atoms with E-state index in [-0.39, 0.29) is 36.2 Å². The number of phenolic OH excluding ortho intramolecular Hbond substituents is 2. The number of aromatic hydroxyl groups is 2. The minimum Gasteiger partial charge on any atom is -0.504 e. The van der Waals surface area contributed by atoms with E-state index in [0.29, 0.717) is 11.1 Å². The van der Waals surface area contributed by atoms with E-state index in [1.54, 1.807) is 0 Å². The number of carboxylic acid groups (broad SMARTS) is 2. The summed E-state index contributed by atoms with van der Waals surface area (Å²) in [4.78, 5) is 23.2. The maximum Gasteiger partial charge on any atom is 0.336 e. The SMILES string of the molecule is COc1cc(COC(C(=O)O)C(OCc2ccc(O)c(OC)c2)C(=O)O)ccc1O. The molecule has 10 heteroatoms. The van der Waals surface area contributed by atoms with Crippen LogP contribution in [0.4, 0.5) is 0 Å². The van der Waals surface area contributed by atoms with Crippen LogP contribution in [0.5, 0.6) is 23.0 Å². The van der Waals surface area contributed by atoms with Crippen LogP contribution in [0.25, 0.3) is 0 Å². The largest absolute Gasteiger partial charge is 0.504 e. The van der Waals surface area contributed by atoms with Crippen LogP contribution in [-0.2, 0) is 32.3 Å². The van der Waals surface area contributed by atoms with Gasteiger partial charge in [-0.1, -0.05) is 12.1 Å². The Hall–Kier alpha value is -3.50. The number of phenols is 2. The van der Waals surface area contributed by atoms with Crippen LogP contribution in [0, 0.1) is 0 Å². The van der Waals surface area contributed by atoms with Crippen molar-refractivity contribution in [2.45, 2.75) is 25.4 Å². The van der Waals surface area contributed by atoms with Crippen LogP contribution in [0.1, 0.15) is 11.1 Å². The molecule has 0 spiro atoms. The topological polar surface area (TPSA) is 152 Å². The molecule has 2 unspecified atom stereocenters. The summed E-state index contributed by atoms with van der Waals surface area (Å²) in [7, 11) is 2.71. The number of aliphatic carboxylic acids is 2. The number of hydrogen-bond acceptors (Lipinski definition) is 8. The van der Waals surface area contributed by atoms with Gasteiger partial charge in [-0.05, 0) is 35.4 Å². The van der Waals surface area contributed by atoms with Crippen molar-refractivity contribution in [2.75, 3.05) is 14.2 Å². The van der Waals surface area contributed by atoms with Crippen LogP contribution in [0.3, 0.4) is 0 Å². The number of carbonyl (C=O) groups is 2. The zero-order valence-electron chi connectivity index (χ0n) is 16.3. The van der Waals surface area contributed by atoms with Gasteiger partial charge in [0.25, 0.3) is 0 Å². The molecule has 2 rings (SSSR count). The number of carboxylic acids is 2. The molecule has 0 aromatic heterocycles. The number of hydrogen-bond donors (Lipinski definition) is 4. The fourth-order valence-electron chi connectivity index (χ4n) is 2.57. The molecule has 0 heterocycles. The van der Waals surface area contributed by atoms with Crippen LogP contribution >= 0.6 is 0 Å². The average Bonchev–Trinajstić information content (AvgIpc) is 2.71. The first-order chi connectivity index (χ1) is 14.3. The fourth-order valence-corrected chi connectivity index (χ4v) is 2.57. The van der Waals surface area contributed by atoms with Crippen molar-refractivity contribution in [2.24, 2.45) is 0 Å². The van der Waals surface area contributed by atoms with Crippen molar-refractivity contribution in [3.63, 3.8) is 0 Å². The van der Waals surface area contributed by atoms with Gasteiger partial charge in [0.1, 0.15) is 0 Å². The van der Waals surface area contributed by atoms with Gasteiger partial charge in [0.2, 0.25) is 0 Å². The van der Waals surface area contributed by atoms with Crippen molar-refractivity contribution in [1.29, 1.82) is 0 Å².